The Balaban J connectivity index is 1.45. The third kappa shape index (κ3) is 6.42. The second-order valence-corrected chi connectivity index (χ2v) is 12.8. The molecule has 0 saturated carbocycles. The summed E-state index contributed by atoms with van der Waals surface area (Å²) in [6.07, 6.45) is 6.91. The van der Waals surface area contributed by atoms with E-state index in [0.717, 1.165) is 43.5 Å². The maximum Gasteiger partial charge on any atom is 0.339 e. The van der Waals surface area contributed by atoms with E-state index in [9.17, 15) is 19.8 Å². The smallest absolute Gasteiger partial charge is 0.339 e. The number of aliphatic hydroxyl groups is 2. The number of nitrogens with zero attached hydrogens (tertiary/aromatic N) is 1. The Bertz CT molecular complexity index is 1250. The Hall–Kier alpha value is -3.08. The summed E-state index contributed by atoms with van der Waals surface area (Å²) in [5.74, 6) is -0.0410. The van der Waals surface area contributed by atoms with E-state index in [4.69, 9.17) is 23.7 Å². The third-order valence-corrected chi connectivity index (χ3v) is 9.21. The lowest BCUT2D eigenvalue weighted by atomic mass is 9.77. The molecule has 4 aliphatic rings. The number of hydrogen-bond acceptors (Lipinski definition) is 10. The van der Waals surface area contributed by atoms with E-state index in [2.05, 4.69) is 17.6 Å². The van der Waals surface area contributed by atoms with Crippen molar-refractivity contribution in [2.24, 2.45) is 0 Å². The highest BCUT2D eigenvalue weighted by Gasteiger charge is 2.59. The van der Waals surface area contributed by atoms with Gasteiger partial charge in [-0.15, -0.1) is 6.58 Å². The molecule has 1 fully saturated rings. The monoisotopic (exact) mass is 599 g/mol. The van der Waals surface area contributed by atoms with Gasteiger partial charge in [-0.2, -0.15) is 0 Å². The standard InChI is InChI=1S/C33H45NO9/c1-5-6-7-16-40-27(35)20-33(38,13-8-11-31(2,3)37)30(36)43-29-26(39-4)19-32-12-9-14-34(32)15-10-22-17-24-25(42-21-41-24)18-23(22)28(29)32/h5,17-19,28-29,37-38H,1,6-16,20-21H2,2-4H3/t28-,29?,32+,33?/m1/s1. The predicted molar refractivity (Wildman–Crippen MR) is 158 cm³/mol. The zero-order chi connectivity index (χ0) is 30.8. The van der Waals surface area contributed by atoms with Crippen LogP contribution in [0.5, 0.6) is 11.5 Å². The van der Waals surface area contributed by atoms with E-state index >= 15 is 0 Å². The minimum absolute atomic E-state index is 0.0759. The molecular weight excluding hydrogens is 554 g/mol. The molecule has 0 amide bonds. The van der Waals surface area contributed by atoms with Gasteiger partial charge in [0.05, 0.1) is 37.2 Å². The van der Waals surface area contributed by atoms with Gasteiger partial charge in [0.1, 0.15) is 5.76 Å². The fourth-order valence-corrected chi connectivity index (χ4v) is 7.10. The summed E-state index contributed by atoms with van der Waals surface area (Å²) < 4.78 is 28.8. The van der Waals surface area contributed by atoms with Crippen LogP contribution < -0.4 is 9.47 Å². The van der Waals surface area contributed by atoms with Crippen molar-refractivity contribution in [3.8, 4) is 11.5 Å². The molecule has 1 aromatic rings. The maximum absolute atomic E-state index is 14.0. The van der Waals surface area contributed by atoms with Gasteiger partial charge < -0.3 is 33.9 Å². The molecule has 10 nitrogen and oxygen atoms in total. The fraction of sp³-hybridized carbons (Fsp3) is 0.636. The molecule has 10 heteroatoms. The molecule has 1 aromatic carbocycles. The summed E-state index contributed by atoms with van der Waals surface area (Å²) in [7, 11) is 1.56. The third-order valence-electron chi connectivity index (χ3n) is 9.21. The number of carbonyl (C=O) groups is 2. The average molecular weight is 600 g/mol. The van der Waals surface area contributed by atoms with Crippen LogP contribution in [0.3, 0.4) is 0 Å². The van der Waals surface area contributed by atoms with Gasteiger partial charge >= 0.3 is 11.9 Å². The number of allylic oxidation sites excluding steroid dienone is 1. The number of benzene rings is 1. The zero-order valence-corrected chi connectivity index (χ0v) is 25.6. The minimum atomic E-state index is -2.15. The molecule has 1 saturated heterocycles. The van der Waals surface area contributed by atoms with Crippen molar-refractivity contribution >= 4 is 11.9 Å². The number of unbranched alkanes of at least 4 members (excludes halogenated alkanes) is 1. The number of fused-ring (bicyclic) bond motifs is 3. The van der Waals surface area contributed by atoms with Crippen molar-refractivity contribution in [2.45, 2.75) is 100 Å². The first kappa shape index (κ1) is 31.3. The van der Waals surface area contributed by atoms with Crippen LogP contribution in [-0.4, -0.2) is 83.5 Å². The molecule has 3 heterocycles. The van der Waals surface area contributed by atoms with Gasteiger partial charge in [-0.25, -0.2) is 4.79 Å². The molecule has 2 unspecified atom stereocenters. The lowest BCUT2D eigenvalue weighted by Crippen LogP contribution is -2.49. The fourth-order valence-electron chi connectivity index (χ4n) is 7.10. The molecule has 236 valence electrons. The van der Waals surface area contributed by atoms with Crippen molar-refractivity contribution in [1.29, 1.82) is 0 Å². The van der Waals surface area contributed by atoms with Crippen LogP contribution in [0.15, 0.2) is 36.6 Å². The molecule has 3 aliphatic heterocycles. The number of methoxy groups -OCH3 is 1. The average Bonchev–Trinajstić information content (AvgIpc) is 3.64. The van der Waals surface area contributed by atoms with Crippen molar-refractivity contribution < 1.29 is 43.5 Å². The molecule has 1 aliphatic carbocycles. The van der Waals surface area contributed by atoms with Crippen LogP contribution in [0, 0.1) is 0 Å². The van der Waals surface area contributed by atoms with E-state index in [1.165, 1.54) is 0 Å². The van der Waals surface area contributed by atoms with Gasteiger partial charge in [0.15, 0.2) is 23.2 Å². The molecule has 43 heavy (non-hydrogen) atoms. The highest BCUT2D eigenvalue weighted by atomic mass is 16.7. The Labute approximate surface area is 253 Å². The van der Waals surface area contributed by atoms with Crippen LogP contribution in [0.25, 0.3) is 0 Å². The summed E-state index contributed by atoms with van der Waals surface area (Å²) in [6.45, 7) is 9.04. The number of carbonyl (C=O) groups excluding carboxylic acids is 2. The minimum Gasteiger partial charge on any atom is -0.497 e. The summed E-state index contributed by atoms with van der Waals surface area (Å²) in [5, 5.41) is 22.0. The second-order valence-electron chi connectivity index (χ2n) is 12.8. The van der Waals surface area contributed by atoms with Gasteiger partial charge in [0, 0.05) is 6.54 Å². The number of rotatable bonds is 13. The summed E-state index contributed by atoms with van der Waals surface area (Å²) in [4.78, 5) is 29.2. The van der Waals surface area contributed by atoms with Gasteiger partial charge in [-0.05, 0) is 101 Å². The van der Waals surface area contributed by atoms with E-state index in [-0.39, 0.29) is 25.7 Å². The van der Waals surface area contributed by atoms with Crippen LogP contribution >= 0.6 is 0 Å². The maximum atomic E-state index is 14.0. The lowest BCUT2D eigenvalue weighted by molar-refractivity contribution is -0.179. The van der Waals surface area contributed by atoms with Crippen LogP contribution in [0.2, 0.25) is 0 Å². The Morgan fingerprint density at radius 2 is 1.93 bits per heavy atom. The lowest BCUT2D eigenvalue weighted by Gasteiger charge is -2.39. The van der Waals surface area contributed by atoms with Crippen LogP contribution in [0.1, 0.15) is 82.3 Å². The van der Waals surface area contributed by atoms with Crippen molar-refractivity contribution in [3.05, 3.63) is 47.7 Å². The first-order chi connectivity index (χ1) is 20.5. The molecule has 0 bridgehead atoms. The Morgan fingerprint density at radius 3 is 2.65 bits per heavy atom. The molecule has 4 atom stereocenters. The zero-order valence-electron chi connectivity index (χ0n) is 25.6. The van der Waals surface area contributed by atoms with Crippen LogP contribution in [0.4, 0.5) is 0 Å². The normalized spacial score (nSPS) is 25.5. The first-order valence-corrected chi connectivity index (χ1v) is 15.4. The topological polar surface area (TPSA) is 124 Å². The van der Waals surface area contributed by atoms with Crippen LogP contribution in [-0.2, 0) is 30.2 Å². The Kier molecular flexibility index (Phi) is 9.11. The van der Waals surface area contributed by atoms with E-state index in [1.54, 1.807) is 27.0 Å². The summed E-state index contributed by atoms with van der Waals surface area (Å²) >= 11 is 0. The molecular formula is C33H45NO9. The molecule has 2 N–H and O–H groups in total. The number of ether oxygens (including phenoxy) is 5. The summed E-state index contributed by atoms with van der Waals surface area (Å²) in [5.41, 5.74) is -1.48. The first-order valence-electron chi connectivity index (χ1n) is 15.4. The highest BCUT2D eigenvalue weighted by Crippen LogP contribution is 2.55. The SMILES string of the molecule is C=CCCCOC(=O)CC(O)(CCCC(C)(C)O)C(=O)OC1C(OC)=C[C@]23CCCN2CCc2cc4c(cc2[C@H]13)OCO4. The largest absolute Gasteiger partial charge is 0.497 e. The van der Waals surface area contributed by atoms with Gasteiger partial charge in [0.25, 0.3) is 0 Å². The van der Waals surface area contributed by atoms with E-state index in [0.29, 0.717) is 42.9 Å². The molecule has 0 radical (unpaired) electrons. The number of hydrogen-bond donors (Lipinski definition) is 2. The highest BCUT2D eigenvalue weighted by molar-refractivity contribution is 5.86. The van der Waals surface area contributed by atoms with Gasteiger partial charge in [-0.3, -0.25) is 9.69 Å². The second kappa shape index (κ2) is 12.5. The predicted octanol–water partition coefficient (Wildman–Crippen LogP) is 3.92. The quantitative estimate of drug-likeness (QED) is 0.196. The van der Waals surface area contributed by atoms with Gasteiger partial charge in [-0.1, -0.05) is 6.08 Å². The van der Waals surface area contributed by atoms with E-state index < -0.39 is 41.2 Å². The van der Waals surface area contributed by atoms with Crippen molar-refractivity contribution in [3.63, 3.8) is 0 Å². The summed E-state index contributed by atoms with van der Waals surface area (Å²) in [6, 6.07) is 4.02. The van der Waals surface area contributed by atoms with Crippen molar-refractivity contribution in [2.75, 3.05) is 33.6 Å². The van der Waals surface area contributed by atoms with E-state index in [1.807, 2.05) is 12.1 Å². The molecule has 5 rings (SSSR count). The van der Waals surface area contributed by atoms with Crippen molar-refractivity contribution in [1.82, 2.24) is 4.90 Å². The molecule has 0 aromatic heterocycles. The molecule has 1 spiro atoms. The van der Waals surface area contributed by atoms with Gasteiger partial charge in [0.2, 0.25) is 6.79 Å². The Morgan fingerprint density at radius 1 is 1.16 bits per heavy atom. The number of esters is 2.